The van der Waals surface area contributed by atoms with Gasteiger partial charge >= 0.3 is 12.1 Å². The second-order valence-corrected chi connectivity index (χ2v) is 7.75. The number of amides is 1. The highest BCUT2D eigenvalue weighted by Crippen LogP contribution is 2.44. The van der Waals surface area contributed by atoms with E-state index in [2.05, 4.69) is 17.4 Å². The number of fused-ring (bicyclic) bond motifs is 3. The Morgan fingerprint density at radius 3 is 2.27 bits per heavy atom. The molecule has 1 atom stereocenters. The third-order valence-corrected chi connectivity index (χ3v) is 6.31. The number of carbonyl (C=O) groups excluding carboxylic acids is 1. The number of carboxylic acids is 1. The summed E-state index contributed by atoms with van der Waals surface area (Å²) in [5.74, 6) is 0.0468. The molecular weight excluding hydrogens is 350 g/mol. The summed E-state index contributed by atoms with van der Waals surface area (Å²) in [6.07, 6.45) is -0.256. The quantitative estimate of drug-likeness (QED) is 0.863. The maximum absolute atomic E-state index is 12.3. The fourth-order valence-electron chi connectivity index (χ4n) is 3.72. The zero-order valence-corrected chi connectivity index (χ0v) is 14.9. The lowest BCUT2D eigenvalue weighted by Gasteiger charge is -2.24. The Kier molecular flexibility index (Phi) is 4.36. The molecule has 134 valence electrons. The molecule has 4 rings (SSSR count). The first-order valence-corrected chi connectivity index (χ1v) is 9.70. The first kappa shape index (κ1) is 17.0. The molecule has 1 saturated heterocycles. The molecule has 0 radical (unpaired) electrons. The maximum Gasteiger partial charge on any atom is 0.408 e. The Morgan fingerprint density at radius 1 is 1.12 bits per heavy atom. The van der Waals surface area contributed by atoms with Gasteiger partial charge < -0.3 is 15.2 Å². The van der Waals surface area contributed by atoms with E-state index in [9.17, 15) is 14.7 Å². The van der Waals surface area contributed by atoms with Crippen molar-refractivity contribution >= 4 is 23.8 Å². The van der Waals surface area contributed by atoms with E-state index in [0.717, 1.165) is 28.0 Å². The van der Waals surface area contributed by atoms with Gasteiger partial charge in [0.1, 0.15) is 6.61 Å². The van der Waals surface area contributed by atoms with Gasteiger partial charge in [-0.05, 0) is 34.4 Å². The molecule has 2 aliphatic rings. The van der Waals surface area contributed by atoms with Crippen LogP contribution < -0.4 is 5.32 Å². The molecule has 0 saturated carbocycles. The lowest BCUT2D eigenvalue weighted by atomic mass is 9.98. The van der Waals surface area contributed by atoms with Crippen LogP contribution in [0.3, 0.4) is 0 Å². The summed E-state index contributed by atoms with van der Waals surface area (Å²) < 4.78 is 5.45. The number of rotatable bonds is 4. The summed E-state index contributed by atoms with van der Waals surface area (Å²) in [6.45, 7) is 0.183. The summed E-state index contributed by atoms with van der Waals surface area (Å²) in [5.41, 5.74) is 3.36. The van der Waals surface area contributed by atoms with Crippen LogP contribution in [0.4, 0.5) is 4.79 Å². The second kappa shape index (κ2) is 6.68. The van der Waals surface area contributed by atoms with Crippen molar-refractivity contribution in [2.75, 3.05) is 18.1 Å². The molecule has 1 aliphatic heterocycles. The van der Waals surface area contributed by atoms with E-state index in [1.54, 1.807) is 0 Å². The Labute approximate surface area is 155 Å². The van der Waals surface area contributed by atoms with Crippen molar-refractivity contribution in [3.8, 4) is 11.1 Å². The highest BCUT2D eigenvalue weighted by atomic mass is 32.2. The summed E-state index contributed by atoms with van der Waals surface area (Å²) in [6, 6.07) is 16.2. The van der Waals surface area contributed by atoms with Gasteiger partial charge in [0.2, 0.25) is 0 Å². The average molecular weight is 369 g/mol. The molecule has 26 heavy (non-hydrogen) atoms. The fourth-order valence-corrected chi connectivity index (χ4v) is 5.04. The molecule has 1 amide bonds. The van der Waals surface area contributed by atoms with Crippen molar-refractivity contribution in [2.24, 2.45) is 0 Å². The van der Waals surface area contributed by atoms with Crippen molar-refractivity contribution in [2.45, 2.75) is 17.9 Å². The third-order valence-electron chi connectivity index (χ3n) is 5.12. The van der Waals surface area contributed by atoms with Gasteiger partial charge in [-0.2, -0.15) is 11.8 Å². The van der Waals surface area contributed by atoms with Crippen LogP contribution in [-0.4, -0.2) is 40.8 Å². The van der Waals surface area contributed by atoms with Crippen LogP contribution in [0.1, 0.15) is 23.5 Å². The standard InChI is InChI=1S/C20H19NO4S/c22-18(23)20(9-10-26-12-20)21-19(24)25-11-17-15-7-3-1-5-13(15)14-6-2-4-8-16(14)17/h1-8,17H,9-12H2,(H,21,24)(H,22,23)/t20-/m1/s1. The molecule has 5 nitrogen and oxygen atoms in total. The number of hydrogen-bond donors (Lipinski definition) is 2. The van der Waals surface area contributed by atoms with Gasteiger partial charge in [-0.15, -0.1) is 0 Å². The average Bonchev–Trinajstić information content (AvgIpc) is 3.24. The number of thioether (sulfide) groups is 1. The number of nitrogens with one attached hydrogen (secondary N) is 1. The fraction of sp³-hybridized carbons (Fsp3) is 0.300. The number of hydrogen-bond acceptors (Lipinski definition) is 4. The lowest BCUT2D eigenvalue weighted by molar-refractivity contribution is -0.143. The van der Waals surface area contributed by atoms with E-state index in [1.807, 2.05) is 36.4 Å². The van der Waals surface area contributed by atoms with E-state index in [0.29, 0.717) is 12.2 Å². The Balaban J connectivity index is 1.50. The molecule has 2 aromatic rings. The van der Waals surface area contributed by atoms with E-state index in [4.69, 9.17) is 4.74 Å². The van der Waals surface area contributed by atoms with E-state index >= 15 is 0 Å². The predicted molar refractivity (Wildman–Crippen MR) is 101 cm³/mol. The van der Waals surface area contributed by atoms with E-state index in [1.165, 1.54) is 11.8 Å². The highest BCUT2D eigenvalue weighted by molar-refractivity contribution is 7.99. The van der Waals surface area contributed by atoms with Crippen molar-refractivity contribution < 1.29 is 19.4 Å². The third kappa shape index (κ3) is 2.84. The summed E-state index contributed by atoms with van der Waals surface area (Å²) in [4.78, 5) is 23.8. The molecule has 6 heteroatoms. The molecule has 0 spiro atoms. The molecule has 1 aliphatic carbocycles. The summed E-state index contributed by atoms with van der Waals surface area (Å²) in [5, 5.41) is 12.1. The molecule has 2 aromatic carbocycles. The van der Waals surface area contributed by atoms with Crippen LogP contribution >= 0.6 is 11.8 Å². The number of benzene rings is 2. The summed E-state index contributed by atoms with van der Waals surface area (Å²) in [7, 11) is 0. The van der Waals surface area contributed by atoms with Gasteiger partial charge in [-0.1, -0.05) is 48.5 Å². The van der Waals surface area contributed by atoms with Gasteiger partial charge in [0.25, 0.3) is 0 Å². The number of ether oxygens (including phenoxy) is 1. The van der Waals surface area contributed by atoms with Gasteiger partial charge in [0.05, 0.1) is 0 Å². The molecule has 0 aromatic heterocycles. The van der Waals surface area contributed by atoms with E-state index < -0.39 is 17.6 Å². The zero-order valence-electron chi connectivity index (χ0n) is 14.1. The van der Waals surface area contributed by atoms with Crippen LogP contribution in [0.5, 0.6) is 0 Å². The maximum atomic E-state index is 12.3. The molecule has 0 unspecified atom stereocenters. The Morgan fingerprint density at radius 2 is 1.73 bits per heavy atom. The zero-order chi connectivity index (χ0) is 18.1. The van der Waals surface area contributed by atoms with Crippen molar-refractivity contribution in [1.29, 1.82) is 0 Å². The second-order valence-electron chi connectivity index (χ2n) is 6.64. The van der Waals surface area contributed by atoms with Gasteiger partial charge in [0, 0.05) is 11.7 Å². The SMILES string of the molecule is O=C(N[C@]1(C(=O)O)CCSC1)OCC1c2ccccc2-c2ccccc21. The number of carboxylic acid groups (broad SMARTS) is 1. The van der Waals surface area contributed by atoms with Crippen LogP contribution in [0.25, 0.3) is 11.1 Å². The number of aliphatic carboxylic acids is 1. The van der Waals surface area contributed by atoms with Crippen LogP contribution in [0.2, 0.25) is 0 Å². The highest BCUT2D eigenvalue weighted by Gasteiger charge is 2.44. The molecule has 1 fully saturated rings. The molecule has 2 N–H and O–H groups in total. The summed E-state index contributed by atoms with van der Waals surface area (Å²) >= 11 is 1.53. The normalized spacial score (nSPS) is 21.1. The molecular formula is C20H19NO4S. The van der Waals surface area contributed by atoms with Crippen LogP contribution in [0, 0.1) is 0 Å². The first-order chi connectivity index (χ1) is 12.6. The number of alkyl carbamates (subject to hydrolysis) is 1. The molecule has 0 bridgehead atoms. The van der Waals surface area contributed by atoms with Gasteiger partial charge in [-0.3, -0.25) is 0 Å². The number of carbonyl (C=O) groups is 2. The van der Waals surface area contributed by atoms with Gasteiger partial charge in [-0.25, -0.2) is 9.59 Å². The monoisotopic (exact) mass is 369 g/mol. The van der Waals surface area contributed by atoms with E-state index in [-0.39, 0.29) is 12.5 Å². The lowest BCUT2D eigenvalue weighted by Crippen LogP contribution is -2.55. The Hall–Kier alpha value is -2.47. The van der Waals surface area contributed by atoms with Crippen LogP contribution in [0.15, 0.2) is 48.5 Å². The smallest absolute Gasteiger partial charge is 0.408 e. The van der Waals surface area contributed by atoms with Crippen molar-refractivity contribution in [1.82, 2.24) is 5.32 Å². The minimum absolute atomic E-state index is 0.0353. The minimum atomic E-state index is -1.22. The predicted octanol–water partition coefficient (Wildman–Crippen LogP) is 3.49. The first-order valence-electron chi connectivity index (χ1n) is 8.55. The topological polar surface area (TPSA) is 75.6 Å². The van der Waals surface area contributed by atoms with Crippen molar-refractivity contribution in [3.63, 3.8) is 0 Å². The minimum Gasteiger partial charge on any atom is -0.479 e. The van der Waals surface area contributed by atoms with Crippen molar-refractivity contribution in [3.05, 3.63) is 59.7 Å². The Bertz CT molecular complexity index is 815. The van der Waals surface area contributed by atoms with Crippen LogP contribution in [-0.2, 0) is 9.53 Å². The molecule has 1 heterocycles. The largest absolute Gasteiger partial charge is 0.479 e. The van der Waals surface area contributed by atoms with Gasteiger partial charge in [0.15, 0.2) is 5.54 Å².